The molecule has 1 saturated carbocycles. The van der Waals surface area contributed by atoms with Crippen LogP contribution in [0.4, 0.5) is 0 Å². The molecule has 70 valence electrons. The van der Waals surface area contributed by atoms with Crippen molar-refractivity contribution >= 4 is 5.78 Å². The minimum atomic E-state index is 0.0819. The van der Waals surface area contributed by atoms with Gasteiger partial charge in [0.05, 0.1) is 6.07 Å². The second kappa shape index (κ2) is 3.33. The third-order valence-corrected chi connectivity index (χ3v) is 2.99. The highest BCUT2D eigenvalue weighted by Crippen LogP contribution is 2.60. The molecule has 0 heterocycles. The first kappa shape index (κ1) is 9.98. The van der Waals surface area contributed by atoms with Crippen LogP contribution in [0, 0.1) is 28.6 Å². The van der Waals surface area contributed by atoms with Gasteiger partial charge < -0.3 is 0 Å². The van der Waals surface area contributed by atoms with Gasteiger partial charge >= 0.3 is 0 Å². The van der Waals surface area contributed by atoms with Gasteiger partial charge in [0.1, 0.15) is 0 Å². The van der Waals surface area contributed by atoms with E-state index in [2.05, 4.69) is 19.9 Å². The Labute approximate surface area is 79.2 Å². The Balaban J connectivity index is 2.56. The van der Waals surface area contributed by atoms with Gasteiger partial charge in [-0.1, -0.05) is 19.9 Å². The van der Waals surface area contributed by atoms with Gasteiger partial charge in [0.25, 0.3) is 0 Å². The van der Waals surface area contributed by atoms with Crippen molar-refractivity contribution in [3.05, 3.63) is 12.2 Å². The normalized spacial score (nSPS) is 30.0. The van der Waals surface area contributed by atoms with E-state index >= 15 is 0 Å². The number of hydrogen-bond donors (Lipinski definition) is 0. The van der Waals surface area contributed by atoms with Crippen molar-refractivity contribution in [3.63, 3.8) is 0 Å². The summed E-state index contributed by atoms with van der Waals surface area (Å²) in [5.41, 5.74) is 0.210. The highest BCUT2D eigenvalue weighted by molar-refractivity contribution is 5.87. The number of carbonyl (C=O) groups is 1. The lowest BCUT2D eigenvalue weighted by atomic mass is 10.1. The van der Waals surface area contributed by atoms with E-state index in [9.17, 15) is 4.79 Å². The molecule has 0 unspecified atom stereocenters. The molecule has 2 atom stereocenters. The van der Waals surface area contributed by atoms with Crippen LogP contribution in [0.2, 0.25) is 0 Å². The number of nitriles is 1. The molecule has 2 heteroatoms. The van der Waals surface area contributed by atoms with Gasteiger partial charge in [-0.15, -0.1) is 0 Å². The number of carbonyl (C=O) groups excluding carboxylic acids is 1. The summed E-state index contributed by atoms with van der Waals surface area (Å²) in [5, 5.41) is 8.56. The molecular formula is C11H15NO. The first-order valence-corrected chi connectivity index (χ1v) is 4.56. The fraction of sp³-hybridized carbons (Fsp3) is 0.636. The zero-order chi connectivity index (χ0) is 10.1. The topological polar surface area (TPSA) is 40.9 Å². The Bertz CT molecular complexity index is 283. The van der Waals surface area contributed by atoms with Gasteiger partial charge in [-0.25, -0.2) is 0 Å². The third-order valence-electron chi connectivity index (χ3n) is 2.99. The second-order valence-corrected chi connectivity index (χ2v) is 4.29. The second-order valence-electron chi connectivity index (χ2n) is 4.29. The predicted molar refractivity (Wildman–Crippen MR) is 50.8 cm³/mol. The smallest absolute Gasteiger partial charge is 0.152 e. The third kappa shape index (κ3) is 1.98. The standard InChI is InChI=1S/C11H15NO/c1-8(13)4-5-9-10(6-7-12)11(9,2)3/h4-5,9-10H,6H2,1-3H3/b5-4+/t9-,10-/m1/s1. The van der Waals surface area contributed by atoms with Crippen molar-refractivity contribution in [2.45, 2.75) is 27.2 Å². The predicted octanol–water partition coefficient (Wildman–Crippen LogP) is 2.32. The van der Waals surface area contributed by atoms with E-state index in [4.69, 9.17) is 5.26 Å². The fourth-order valence-electron chi connectivity index (χ4n) is 1.90. The van der Waals surface area contributed by atoms with Gasteiger partial charge in [0.2, 0.25) is 0 Å². The maximum atomic E-state index is 10.7. The average Bonchev–Trinajstić information content (AvgIpc) is 2.51. The van der Waals surface area contributed by atoms with Crippen LogP contribution in [-0.2, 0) is 4.79 Å². The zero-order valence-electron chi connectivity index (χ0n) is 8.37. The molecule has 13 heavy (non-hydrogen) atoms. The van der Waals surface area contributed by atoms with Crippen molar-refractivity contribution in [2.75, 3.05) is 0 Å². The summed E-state index contributed by atoms with van der Waals surface area (Å²) in [6, 6.07) is 2.18. The van der Waals surface area contributed by atoms with E-state index in [1.807, 2.05) is 6.08 Å². The van der Waals surface area contributed by atoms with Crippen LogP contribution >= 0.6 is 0 Å². The Hall–Kier alpha value is -1.10. The highest BCUT2D eigenvalue weighted by Gasteiger charge is 2.55. The van der Waals surface area contributed by atoms with Gasteiger partial charge in [-0.2, -0.15) is 5.26 Å². The van der Waals surface area contributed by atoms with Crippen molar-refractivity contribution in [1.82, 2.24) is 0 Å². The summed E-state index contributed by atoms with van der Waals surface area (Å²) < 4.78 is 0. The summed E-state index contributed by atoms with van der Waals surface area (Å²) in [7, 11) is 0. The number of hydrogen-bond acceptors (Lipinski definition) is 2. The van der Waals surface area contributed by atoms with E-state index in [-0.39, 0.29) is 11.2 Å². The molecule has 1 rings (SSSR count). The molecule has 0 bridgehead atoms. The number of rotatable bonds is 3. The van der Waals surface area contributed by atoms with Crippen molar-refractivity contribution < 1.29 is 4.79 Å². The van der Waals surface area contributed by atoms with E-state index < -0.39 is 0 Å². The summed E-state index contributed by atoms with van der Waals surface area (Å²) >= 11 is 0. The number of allylic oxidation sites excluding steroid dienone is 2. The molecular weight excluding hydrogens is 162 g/mol. The largest absolute Gasteiger partial charge is 0.295 e. The Kier molecular flexibility index (Phi) is 2.56. The summed E-state index contributed by atoms with van der Waals surface area (Å²) in [6.07, 6.45) is 4.16. The Morgan fingerprint density at radius 1 is 1.62 bits per heavy atom. The highest BCUT2D eigenvalue weighted by atomic mass is 16.1. The molecule has 0 aromatic heterocycles. The molecule has 0 N–H and O–H groups in total. The van der Waals surface area contributed by atoms with E-state index in [0.717, 1.165) is 0 Å². The maximum Gasteiger partial charge on any atom is 0.152 e. The fourth-order valence-corrected chi connectivity index (χ4v) is 1.90. The van der Waals surface area contributed by atoms with E-state index in [1.165, 1.54) is 0 Å². The molecule has 0 saturated heterocycles. The van der Waals surface area contributed by atoms with Crippen LogP contribution in [0.5, 0.6) is 0 Å². The average molecular weight is 177 g/mol. The maximum absolute atomic E-state index is 10.7. The minimum Gasteiger partial charge on any atom is -0.295 e. The minimum absolute atomic E-state index is 0.0819. The quantitative estimate of drug-likeness (QED) is 0.621. The molecule has 1 aliphatic rings. The zero-order valence-corrected chi connectivity index (χ0v) is 8.37. The molecule has 0 aromatic carbocycles. The molecule has 2 nitrogen and oxygen atoms in total. The molecule has 0 spiro atoms. The first-order chi connectivity index (χ1) is 6.00. The number of ketones is 1. The lowest BCUT2D eigenvalue weighted by molar-refractivity contribution is -0.112. The monoisotopic (exact) mass is 177 g/mol. The van der Waals surface area contributed by atoms with Crippen molar-refractivity contribution in [3.8, 4) is 6.07 Å². The van der Waals surface area contributed by atoms with Gasteiger partial charge in [-0.3, -0.25) is 4.79 Å². The molecule has 0 radical (unpaired) electrons. The van der Waals surface area contributed by atoms with Crippen LogP contribution in [0.3, 0.4) is 0 Å². The lowest BCUT2D eigenvalue weighted by Gasteiger charge is -1.96. The first-order valence-electron chi connectivity index (χ1n) is 4.56. The Morgan fingerprint density at radius 3 is 2.69 bits per heavy atom. The molecule has 0 amide bonds. The van der Waals surface area contributed by atoms with E-state index in [1.54, 1.807) is 13.0 Å². The van der Waals surface area contributed by atoms with Crippen LogP contribution in [0.1, 0.15) is 27.2 Å². The SMILES string of the molecule is CC(=O)/C=C/[C@@H]1[C@@H](CC#N)C1(C)C. The van der Waals surface area contributed by atoms with Crippen LogP contribution in [0.25, 0.3) is 0 Å². The summed E-state index contributed by atoms with van der Waals surface area (Å²) in [4.78, 5) is 10.7. The van der Waals surface area contributed by atoms with Gasteiger partial charge in [0.15, 0.2) is 5.78 Å². The van der Waals surface area contributed by atoms with Gasteiger partial charge in [0, 0.05) is 6.42 Å². The van der Waals surface area contributed by atoms with Crippen molar-refractivity contribution in [2.24, 2.45) is 17.3 Å². The Morgan fingerprint density at radius 2 is 2.23 bits per heavy atom. The van der Waals surface area contributed by atoms with Gasteiger partial charge in [-0.05, 0) is 30.3 Å². The van der Waals surface area contributed by atoms with E-state index in [0.29, 0.717) is 18.3 Å². The molecule has 0 aliphatic heterocycles. The van der Waals surface area contributed by atoms with Crippen LogP contribution in [-0.4, -0.2) is 5.78 Å². The lowest BCUT2D eigenvalue weighted by Crippen LogP contribution is -1.89. The summed E-state index contributed by atoms with van der Waals surface area (Å²) in [6.45, 7) is 5.83. The number of nitrogens with zero attached hydrogens (tertiary/aromatic N) is 1. The molecule has 1 aliphatic carbocycles. The molecule has 0 aromatic rings. The van der Waals surface area contributed by atoms with Crippen LogP contribution in [0.15, 0.2) is 12.2 Å². The summed E-state index contributed by atoms with van der Waals surface area (Å²) in [5.74, 6) is 0.933. The molecule has 1 fully saturated rings. The van der Waals surface area contributed by atoms with Crippen LogP contribution < -0.4 is 0 Å². The van der Waals surface area contributed by atoms with Crippen molar-refractivity contribution in [1.29, 1.82) is 5.26 Å².